The van der Waals surface area contributed by atoms with Crippen molar-refractivity contribution in [2.75, 3.05) is 13.7 Å². The van der Waals surface area contributed by atoms with Gasteiger partial charge in [0, 0.05) is 0 Å². The Kier molecular flexibility index (Phi) is 5.78. The molecule has 3 nitrogen and oxygen atoms in total. The molecule has 0 spiro atoms. The van der Waals surface area contributed by atoms with Crippen molar-refractivity contribution in [1.82, 2.24) is 0 Å². The van der Waals surface area contributed by atoms with Crippen LogP contribution in [0.1, 0.15) is 11.1 Å². The average molecular weight is 361 g/mol. The van der Waals surface area contributed by atoms with E-state index in [4.69, 9.17) is 9.47 Å². The number of ether oxygens (including phenoxy) is 2. The summed E-state index contributed by atoms with van der Waals surface area (Å²) >= 11 is 3.46. The van der Waals surface area contributed by atoms with Gasteiger partial charge in [-0.05, 0) is 52.2 Å². The topological polar surface area (TPSA) is 35.5 Å². The van der Waals surface area contributed by atoms with Crippen LogP contribution in [0.15, 0.2) is 58.6 Å². The monoisotopic (exact) mass is 360 g/mol. The molecule has 0 fully saturated rings. The number of hydrogen-bond acceptors (Lipinski definition) is 3. The van der Waals surface area contributed by atoms with Gasteiger partial charge in [0.25, 0.3) is 0 Å². The largest absolute Gasteiger partial charge is 0.487 e. The minimum absolute atomic E-state index is 0.142. The highest BCUT2D eigenvalue weighted by atomic mass is 79.9. The molecule has 0 bridgehead atoms. The number of hydrogen-bond donors (Lipinski definition) is 0. The minimum Gasteiger partial charge on any atom is -0.487 e. The maximum atomic E-state index is 11.9. The zero-order chi connectivity index (χ0) is 15.9. The first kappa shape index (κ1) is 16.3. The van der Waals surface area contributed by atoms with Crippen molar-refractivity contribution in [3.8, 4) is 5.75 Å². The molecule has 2 aromatic rings. The van der Waals surface area contributed by atoms with E-state index in [9.17, 15) is 4.79 Å². The van der Waals surface area contributed by atoms with Crippen molar-refractivity contribution in [3.05, 3.63) is 69.7 Å². The summed E-state index contributed by atoms with van der Waals surface area (Å²) in [5.41, 5.74) is 2.52. The van der Waals surface area contributed by atoms with Gasteiger partial charge in [0.05, 0.1) is 17.2 Å². The Morgan fingerprint density at radius 3 is 2.55 bits per heavy atom. The Bertz CT molecular complexity index is 678. The number of rotatable bonds is 5. The van der Waals surface area contributed by atoms with Crippen LogP contribution in [0.5, 0.6) is 5.75 Å². The molecule has 2 rings (SSSR count). The van der Waals surface area contributed by atoms with E-state index in [1.54, 1.807) is 6.08 Å². The van der Waals surface area contributed by atoms with Crippen LogP contribution < -0.4 is 4.74 Å². The molecule has 0 heterocycles. The molecule has 22 heavy (non-hydrogen) atoms. The van der Waals surface area contributed by atoms with Gasteiger partial charge in [0.1, 0.15) is 12.4 Å². The van der Waals surface area contributed by atoms with E-state index in [0.29, 0.717) is 11.3 Å². The summed E-state index contributed by atoms with van der Waals surface area (Å²) < 4.78 is 11.4. The molecule has 2 aromatic carbocycles. The molecule has 0 unspecified atom stereocenters. The third-order valence-electron chi connectivity index (χ3n) is 3.06. The fraction of sp³-hybridized carbons (Fsp3) is 0.167. The van der Waals surface area contributed by atoms with E-state index in [0.717, 1.165) is 15.6 Å². The molecule has 0 saturated heterocycles. The number of halogens is 1. The van der Waals surface area contributed by atoms with Gasteiger partial charge in [-0.2, -0.15) is 0 Å². The predicted octanol–water partition coefficient (Wildman–Crippen LogP) is 4.39. The lowest BCUT2D eigenvalue weighted by molar-refractivity contribution is -0.136. The molecule has 0 amide bonds. The lowest BCUT2D eigenvalue weighted by atomic mass is 10.1. The SMILES string of the molecule is COC(=O)/C(=C\c1ccccc1)COc1ccc(C)cc1Br. The van der Waals surface area contributed by atoms with Gasteiger partial charge in [0.2, 0.25) is 0 Å². The van der Waals surface area contributed by atoms with Gasteiger partial charge in [-0.1, -0.05) is 36.4 Å². The van der Waals surface area contributed by atoms with Crippen molar-refractivity contribution >= 4 is 28.0 Å². The zero-order valence-corrected chi connectivity index (χ0v) is 14.1. The van der Waals surface area contributed by atoms with Crippen molar-refractivity contribution in [3.63, 3.8) is 0 Å². The number of carbonyl (C=O) groups excluding carboxylic acids is 1. The van der Waals surface area contributed by atoms with Crippen LogP contribution in [-0.4, -0.2) is 19.7 Å². The third-order valence-corrected chi connectivity index (χ3v) is 3.68. The van der Waals surface area contributed by atoms with E-state index in [1.807, 2.05) is 55.5 Å². The van der Waals surface area contributed by atoms with Crippen LogP contribution in [0, 0.1) is 6.92 Å². The van der Waals surface area contributed by atoms with Crippen LogP contribution in [0.4, 0.5) is 0 Å². The fourth-order valence-corrected chi connectivity index (χ4v) is 2.53. The van der Waals surface area contributed by atoms with E-state index in [1.165, 1.54) is 7.11 Å². The van der Waals surface area contributed by atoms with Crippen LogP contribution >= 0.6 is 15.9 Å². The lowest BCUT2D eigenvalue weighted by Crippen LogP contribution is -2.12. The second-order valence-electron chi connectivity index (χ2n) is 4.79. The Morgan fingerprint density at radius 2 is 1.91 bits per heavy atom. The summed E-state index contributed by atoms with van der Waals surface area (Å²) in [5.74, 6) is 0.292. The first-order chi connectivity index (χ1) is 10.6. The minimum atomic E-state index is -0.396. The summed E-state index contributed by atoms with van der Waals surface area (Å²) in [5, 5.41) is 0. The zero-order valence-electron chi connectivity index (χ0n) is 12.5. The first-order valence-electron chi connectivity index (χ1n) is 6.83. The molecule has 4 heteroatoms. The number of aryl methyl sites for hydroxylation is 1. The van der Waals surface area contributed by atoms with E-state index in [-0.39, 0.29) is 6.61 Å². The van der Waals surface area contributed by atoms with Crippen LogP contribution in [0.2, 0.25) is 0 Å². The van der Waals surface area contributed by atoms with Gasteiger partial charge in [-0.25, -0.2) is 4.79 Å². The first-order valence-corrected chi connectivity index (χ1v) is 7.62. The highest BCUT2D eigenvalue weighted by Crippen LogP contribution is 2.26. The summed E-state index contributed by atoms with van der Waals surface area (Å²) in [6.07, 6.45) is 1.77. The number of benzene rings is 2. The molecular weight excluding hydrogens is 344 g/mol. The molecule has 114 valence electrons. The maximum Gasteiger partial charge on any atom is 0.337 e. The molecule has 0 aliphatic heterocycles. The average Bonchev–Trinajstić information content (AvgIpc) is 2.53. The van der Waals surface area contributed by atoms with Crippen molar-refractivity contribution in [1.29, 1.82) is 0 Å². The number of methoxy groups -OCH3 is 1. The summed E-state index contributed by atoms with van der Waals surface area (Å²) in [6, 6.07) is 15.4. The fourth-order valence-electron chi connectivity index (χ4n) is 1.92. The smallest absolute Gasteiger partial charge is 0.337 e. The molecule has 0 saturated carbocycles. The molecule has 0 aliphatic carbocycles. The maximum absolute atomic E-state index is 11.9. The Hall–Kier alpha value is -2.07. The van der Waals surface area contributed by atoms with E-state index < -0.39 is 5.97 Å². The van der Waals surface area contributed by atoms with E-state index >= 15 is 0 Å². The quantitative estimate of drug-likeness (QED) is 0.585. The Morgan fingerprint density at radius 1 is 1.18 bits per heavy atom. The molecule has 0 radical (unpaired) electrons. The van der Waals surface area contributed by atoms with Gasteiger partial charge in [0.15, 0.2) is 0 Å². The second kappa shape index (κ2) is 7.80. The third kappa shape index (κ3) is 4.46. The normalized spacial score (nSPS) is 11.1. The Balaban J connectivity index is 2.17. The summed E-state index contributed by atoms with van der Waals surface area (Å²) in [4.78, 5) is 11.9. The van der Waals surface area contributed by atoms with Crippen molar-refractivity contribution < 1.29 is 14.3 Å². The second-order valence-corrected chi connectivity index (χ2v) is 5.65. The summed E-state index contributed by atoms with van der Waals surface area (Å²) in [6.45, 7) is 2.15. The van der Waals surface area contributed by atoms with E-state index in [2.05, 4.69) is 15.9 Å². The highest BCUT2D eigenvalue weighted by molar-refractivity contribution is 9.10. The van der Waals surface area contributed by atoms with Crippen molar-refractivity contribution in [2.45, 2.75) is 6.92 Å². The number of carbonyl (C=O) groups is 1. The Labute approximate surface area is 138 Å². The molecule has 0 atom stereocenters. The summed E-state index contributed by atoms with van der Waals surface area (Å²) in [7, 11) is 1.36. The number of esters is 1. The molecule has 0 aliphatic rings. The standard InChI is InChI=1S/C18H17BrO3/c1-13-8-9-17(16(19)10-13)22-12-15(18(20)21-2)11-14-6-4-3-5-7-14/h3-11H,12H2,1-2H3/b15-11-. The van der Waals surface area contributed by atoms with Gasteiger partial charge >= 0.3 is 5.97 Å². The van der Waals surface area contributed by atoms with Gasteiger partial charge in [-0.3, -0.25) is 0 Å². The van der Waals surface area contributed by atoms with Crippen molar-refractivity contribution in [2.24, 2.45) is 0 Å². The van der Waals surface area contributed by atoms with Crippen LogP contribution in [0.25, 0.3) is 6.08 Å². The molecule has 0 aromatic heterocycles. The highest BCUT2D eigenvalue weighted by Gasteiger charge is 2.12. The molecular formula is C18H17BrO3. The van der Waals surface area contributed by atoms with Crippen LogP contribution in [-0.2, 0) is 9.53 Å². The lowest BCUT2D eigenvalue weighted by Gasteiger charge is -2.10. The molecule has 0 N–H and O–H groups in total. The van der Waals surface area contributed by atoms with Crippen LogP contribution in [0.3, 0.4) is 0 Å². The van der Waals surface area contributed by atoms with Gasteiger partial charge < -0.3 is 9.47 Å². The van der Waals surface area contributed by atoms with Gasteiger partial charge in [-0.15, -0.1) is 0 Å². The predicted molar refractivity (Wildman–Crippen MR) is 90.8 cm³/mol.